The number of benzene rings is 2. The number of methoxy groups -OCH3 is 1. The van der Waals surface area contributed by atoms with Crippen molar-refractivity contribution in [3.05, 3.63) is 54.3 Å². The van der Waals surface area contributed by atoms with Gasteiger partial charge in [-0.25, -0.2) is 9.18 Å². The van der Waals surface area contributed by atoms with Crippen molar-refractivity contribution in [2.75, 3.05) is 24.3 Å². The lowest BCUT2D eigenvalue weighted by Crippen LogP contribution is -2.45. The number of hydrogen-bond donors (Lipinski definition) is 2. The van der Waals surface area contributed by atoms with E-state index < -0.39 is 17.9 Å². The zero-order valence-corrected chi connectivity index (χ0v) is 14.4. The number of rotatable bonds is 4. The van der Waals surface area contributed by atoms with Crippen molar-refractivity contribution in [1.29, 1.82) is 0 Å². The van der Waals surface area contributed by atoms with Crippen LogP contribution in [0.1, 0.15) is 12.8 Å². The van der Waals surface area contributed by atoms with Gasteiger partial charge in [-0.3, -0.25) is 4.79 Å². The average molecular weight is 357 g/mol. The normalized spacial score (nSPS) is 16.2. The highest BCUT2D eigenvalue weighted by Gasteiger charge is 2.34. The molecule has 0 saturated carbocycles. The Morgan fingerprint density at radius 1 is 1.12 bits per heavy atom. The Kier molecular flexibility index (Phi) is 5.36. The highest BCUT2D eigenvalue weighted by atomic mass is 19.1. The van der Waals surface area contributed by atoms with Gasteiger partial charge in [0, 0.05) is 17.9 Å². The summed E-state index contributed by atoms with van der Waals surface area (Å²) < 4.78 is 18.3. The Balaban J connectivity index is 1.64. The molecule has 6 nitrogen and oxygen atoms in total. The molecule has 3 amide bonds. The van der Waals surface area contributed by atoms with E-state index in [1.165, 1.54) is 23.1 Å². The van der Waals surface area contributed by atoms with Gasteiger partial charge in [0.25, 0.3) is 0 Å². The monoisotopic (exact) mass is 357 g/mol. The maximum Gasteiger partial charge on any atom is 0.322 e. The number of likely N-dealkylation sites (tertiary alicyclic amines) is 1. The van der Waals surface area contributed by atoms with Gasteiger partial charge in [0.15, 0.2) is 0 Å². The van der Waals surface area contributed by atoms with Gasteiger partial charge in [-0.1, -0.05) is 6.07 Å². The van der Waals surface area contributed by atoms with E-state index in [0.29, 0.717) is 30.1 Å². The zero-order valence-electron chi connectivity index (χ0n) is 14.4. The van der Waals surface area contributed by atoms with Crippen molar-refractivity contribution in [2.24, 2.45) is 0 Å². The number of carbonyl (C=O) groups excluding carboxylic acids is 2. The van der Waals surface area contributed by atoms with Crippen LogP contribution >= 0.6 is 0 Å². The van der Waals surface area contributed by atoms with E-state index in [4.69, 9.17) is 4.74 Å². The first-order valence-electron chi connectivity index (χ1n) is 8.35. The molecule has 0 radical (unpaired) electrons. The Labute approximate surface area is 150 Å². The van der Waals surface area contributed by atoms with Crippen molar-refractivity contribution in [1.82, 2.24) is 4.90 Å². The summed E-state index contributed by atoms with van der Waals surface area (Å²) in [6.45, 7) is 0.474. The molecule has 1 aliphatic heterocycles. The molecule has 1 fully saturated rings. The van der Waals surface area contributed by atoms with Gasteiger partial charge in [0.05, 0.1) is 7.11 Å². The largest absolute Gasteiger partial charge is 0.497 e. The van der Waals surface area contributed by atoms with Crippen LogP contribution in [0.5, 0.6) is 5.75 Å². The summed E-state index contributed by atoms with van der Waals surface area (Å²) in [7, 11) is 1.57. The van der Waals surface area contributed by atoms with Crippen LogP contribution < -0.4 is 15.4 Å². The number of ether oxygens (including phenoxy) is 1. The molecule has 7 heteroatoms. The highest BCUT2D eigenvalue weighted by Crippen LogP contribution is 2.22. The van der Waals surface area contributed by atoms with E-state index in [9.17, 15) is 14.0 Å². The molecule has 0 aliphatic carbocycles. The maximum absolute atomic E-state index is 13.3. The Morgan fingerprint density at radius 2 is 1.88 bits per heavy atom. The van der Waals surface area contributed by atoms with Gasteiger partial charge in [0.1, 0.15) is 17.6 Å². The Hall–Kier alpha value is -3.09. The summed E-state index contributed by atoms with van der Waals surface area (Å²) in [5.74, 6) is 0.0139. The van der Waals surface area contributed by atoms with E-state index in [0.717, 1.165) is 6.42 Å². The number of halogens is 1. The fourth-order valence-electron chi connectivity index (χ4n) is 2.94. The topological polar surface area (TPSA) is 70.7 Å². The van der Waals surface area contributed by atoms with E-state index in [1.807, 2.05) is 0 Å². The minimum absolute atomic E-state index is 0.248. The number of anilines is 2. The summed E-state index contributed by atoms with van der Waals surface area (Å²) in [6.07, 6.45) is 1.32. The van der Waals surface area contributed by atoms with Gasteiger partial charge >= 0.3 is 6.03 Å². The second-order valence-corrected chi connectivity index (χ2v) is 6.01. The minimum Gasteiger partial charge on any atom is -0.497 e. The van der Waals surface area contributed by atoms with Crippen molar-refractivity contribution in [3.63, 3.8) is 0 Å². The van der Waals surface area contributed by atoms with E-state index in [2.05, 4.69) is 10.6 Å². The molecule has 2 N–H and O–H groups in total. The molecule has 0 aromatic heterocycles. The van der Waals surface area contributed by atoms with Gasteiger partial charge in [0.2, 0.25) is 5.91 Å². The molecule has 136 valence electrons. The molecule has 0 spiro atoms. The predicted octanol–water partition coefficient (Wildman–Crippen LogP) is 3.47. The van der Waals surface area contributed by atoms with Crippen molar-refractivity contribution in [2.45, 2.75) is 18.9 Å². The average Bonchev–Trinajstić information content (AvgIpc) is 3.12. The minimum atomic E-state index is -0.564. The van der Waals surface area contributed by atoms with Crippen molar-refractivity contribution in [3.8, 4) is 5.75 Å². The number of amides is 3. The summed E-state index contributed by atoms with van der Waals surface area (Å²) in [4.78, 5) is 26.5. The quantitative estimate of drug-likeness (QED) is 0.880. The standard InChI is InChI=1S/C19H20FN3O3/c1-26-16-9-7-14(8-10-16)21-18(24)17-6-3-11-23(17)19(25)22-15-5-2-4-13(20)12-15/h2,4-5,7-10,12,17H,3,6,11H2,1H3,(H,21,24)(H,22,25)/t17-/m0/s1. The predicted molar refractivity (Wildman–Crippen MR) is 96.8 cm³/mol. The van der Waals surface area contributed by atoms with Crippen LogP contribution in [0, 0.1) is 5.82 Å². The fraction of sp³-hybridized carbons (Fsp3) is 0.263. The SMILES string of the molecule is COc1ccc(NC(=O)[C@@H]2CCCN2C(=O)Nc2cccc(F)c2)cc1. The zero-order chi connectivity index (χ0) is 18.5. The number of hydrogen-bond acceptors (Lipinski definition) is 3. The highest BCUT2D eigenvalue weighted by molar-refractivity contribution is 5.99. The molecule has 26 heavy (non-hydrogen) atoms. The van der Waals surface area contributed by atoms with Crippen LogP contribution in [0.2, 0.25) is 0 Å². The van der Waals surface area contributed by atoms with E-state index >= 15 is 0 Å². The Morgan fingerprint density at radius 3 is 2.58 bits per heavy atom. The summed E-state index contributed by atoms with van der Waals surface area (Å²) in [5, 5.41) is 5.46. The molecule has 1 saturated heterocycles. The first kappa shape index (κ1) is 17.7. The van der Waals surface area contributed by atoms with Gasteiger partial charge in [-0.2, -0.15) is 0 Å². The molecule has 0 unspecified atom stereocenters. The molecule has 0 bridgehead atoms. The van der Waals surface area contributed by atoms with Crippen LogP contribution in [-0.4, -0.2) is 36.5 Å². The second kappa shape index (κ2) is 7.86. The summed E-state index contributed by atoms with van der Waals surface area (Å²) in [5.41, 5.74) is 0.990. The molecular formula is C19H20FN3O3. The third-order valence-electron chi connectivity index (χ3n) is 4.25. The first-order chi connectivity index (χ1) is 12.6. The lowest BCUT2D eigenvalue weighted by Gasteiger charge is -2.24. The van der Waals surface area contributed by atoms with Crippen LogP contribution in [-0.2, 0) is 4.79 Å². The van der Waals surface area contributed by atoms with Gasteiger partial charge < -0.3 is 20.3 Å². The molecule has 3 rings (SSSR count). The Bertz CT molecular complexity index is 795. The lowest BCUT2D eigenvalue weighted by atomic mass is 10.2. The van der Waals surface area contributed by atoms with Crippen LogP contribution in [0.15, 0.2) is 48.5 Å². The second-order valence-electron chi connectivity index (χ2n) is 6.01. The number of carbonyl (C=O) groups is 2. The molecule has 1 heterocycles. The first-order valence-corrected chi connectivity index (χ1v) is 8.35. The third-order valence-corrected chi connectivity index (χ3v) is 4.25. The van der Waals surface area contributed by atoms with Crippen molar-refractivity contribution >= 4 is 23.3 Å². The van der Waals surface area contributed by atoms with Crippen molar-refractivity contribution < 1.29 is 18.7 Å². The van der Waals surface area contributed by atoms with Crippen LogP contribution in [0.25, 0.3) is 0 Å². The molecule has 2 aromatic rings. The fourth-order valence-corrected chi connectivity index (χ4v) is 2.94. The third kappa shape index (κ3) is 4.11. The molecular weight excluding hydrogens is 337 g/mol. The van der Waals surface area contributed by atoms with E-state index in [1.54, 1.807) is 37.4 Å². The molecule has 1 atom stereocenters. The summed E-state index contributed by atoms with van der Waals surface area (Å²) >= 11 is 0. The maximum atomic E-state index is 13.3. The number of nitrogens with zero attached hydrogens (tertiary/aromatic N) is 1. The van der Waals surface area contributed by atoms with Gasteiger partial charge in [-0.15, -0.1) is 0 Å². The lowest BCUT2D eigenvalue weighted by molar-refractivity contribution is -0.119. The number of nitrogens with one attached hydrogen (secondary N) is 2. The van der Waals surface area contributed by atoms with Gasteiger partial charge in [-0.05, 0) is 55.3 Å². The summed E-state index contributed by atoms with van der Waals surface area (Å²) in [6, 6.07) is 11.7. The van der Waals surface area contributed by atoms with Crippen LogP contribution in [0.3, 0.4) is 0 Å². The smallest absolute Gasteiger partial charge is 0.322 e. The molecule has 1 aliphatic rings. The number of urea groups is 1. The molecule has 2 aromatic carbocycles. The van der Waals surface area contributed by atoms with E-state index in [-0.39, 0.29) is 5.91 Å². The van der Waals surface area contributed by atoms with Crippen LogP contribution in [0.4, 0.5) is 20.6 Å².